The van der Waals surface area contributed by atoms with Crippen LogP contribution in [0.4, 0.5) is 11.6 Å². The summed E-state index contributed by atoms with van der Waals surface area (Å²) in [6, 6.07) is 20.8. The number of pyridine rings is 2. The zero-order chi connectivity index (χ0) is 40.6. The molecule has 0 saturated carbocycles. The number of anilines is 2. The number of aromatic nitrogens is 10. The minimum absolute atomic E-state index is 0.275. The second-order valence-corrected chi connectivity index (χ2v) is 13.7. The van der Waals surface area contributed by atoms with E-state index in [1.54, 1.807) is 10.9 Å². The number of morpholine rings is 1. The molecule has 300 valence electrons. The number of hydrogen-bond acceptors (Lipinski definition) is 11. The number of nitrogens with zero attached hydrogens (tertiary/aromatic N) is 12. The van der Waals surface area contributed by atoms with Gasteiger partial charge in [-0.25, -0.2) is 19.3 Å². The Morgan fingerprint density at radius 2 is 1.09 bits per heavy atom. The number of aliphatic hydroxyl groups is 2. The van der Waals surface area contributed by atoms with Crippen LogP contribution in [0.3, 0.4) is 0 Å². The number of rotatable bonds is 6. The highest BCUT2D eigenvalue weighted by molar-refractivity contribution is 5.86. The highest BCUT2D eigenvalue weighted by atomic mass is 16.5. The minimum atomic E-state index is -0.275. The molecule has 8 aromatic rings. The summed E-state index contributed by atoms with van der Waals surface area (Å²) in [7, 11) is 4.84. The van der Waals surface area contributed by atoms with Gasteiger partial charge in [-0.1, -0.05) is 38.1 Å². The molecule has 6 aromatic heterocycles. The average molecular weight is 783 g/mol. The lowest BCUT2D eigenvalue weighted by molar-refractivity contribution is 0.122. The molecule has 0 amide bonds. The van der Waals surface area contributed by atoms with Crippen molar-refractivity contribution in [1.82, 2.24) is 49.1 Å². The van der Waals surface area contributed by atoms with Crippen LogP contribution >= 0.6 is 0 Å². The fraction of sp³-hybridized carbons (Fsp3) is 0.302. The van der Waals surface area contributed by atoms with Crippen LogP contribution in [-0.4, -0.2) is 112 Å². The van der Waals surface area contributed by atoms with Gasteiger partial charge in [-0.2, -0.15) is 20.4 Å². The first-order valence-corrected chi connectivity index (χ1v) is 19.5. The topological polar surface area (TPSA) is 153 Å². The lowest BCUT2D eigenvalue weighted by Gasteiger charge is -2.28. The predicted molar refractivity (Wildman–Crippen MR) is 227 cm³/mol. The average Bonchev–Trinajstić information content (AvgIpc) is 4.14. The van der Waals surface area contributed by atoms with Crippen LogP contribution in [0.15, 0.2) is 110 Å². The maximum Gasteiger partial charge on any atom is 0.130 e. The third-order valence-electron chi connectivity index (χ3n) is 9.99. The molecule has 0 radical (unpaired) electrons. The molecule has 2 aromatic carbocycles. The zero-order valence-electron chi connectivity index (χ0n) is 33.6. The van der Waals surface area contributed by atoms with Crippen LogP contribution in [0.1, 0.15) is 20.3 Å². The molecule has 58 heavy (non-hydrogen) atoms. The highest BCUT2D eigenvalue weighted by Gasteiger charge is 2.22. The van der Waals surface area contributed by atoms with E-state index in [-0.39, 0.29) is 6.10 Å². The molecule has 10 rings (SSSR count). The van der Waals surface area contributed by atoms with Crippen LogP contribution in [-0.2, 0) is 18.8 Å². The van der Waals surface area contributed by atoms with Gasteiger partial charge in [0.2, 0.25) is 0 Å². The van der Waals surface area contributed by atoms with Gasteiger partial charge in [-0.3, -0.25) is 9.36 Å². The van der Waals surface area contributed by atoms with Crippen LogP contribution in [0.2, 0.25) is 0 Å². The number of β-amino-alcohol motifs (C(OH)–C–C–N with tert-alkyl or cyclic N) is 1. The molecule has 2 N–H and O–H groups in total. The lowest BCUT2D eigenvalue weighted by atomic mass is 10.1. The van der Waals surface area contributed by atoms with Crippen molar-refractivity contribution < 1.29 is 14.9 Å². The van der Waals surface area contributed by atoms with Gasteiger partial charge < -0.3 is 24.7 Å². The summed E-state index contributed by atoms with van der Waals surface area (Å²) in [5.74, 6) is 1.83. The first kappa shape index (κ1) is 39.8. The van der Waals surface area contributed by atoms with Crippen molar-refractivity contribution in [2.45, 2.75) is 26.4 Å². The molecule has 0 spiro atoms. The SMILES string of the molecule is CC.CO.Cn1cc(-c2ccc3cnn(-c4ccnc(N5CCC(O)C5)c4)c3c2)cn1.Cn1cc(-c2ccc3cnn(-c4ccnc(N5CCOCC5)c4)c3c2)cn1. The van der Waals surface area contributed by atoms with Crippen molar-refractivity contribution in [1.29, 1.82) is 0 Å². The largest absolute Gasteiger partial charge is 0.400 e. The number of aryl methyl sites for hydroxylation is 2. The van der Waals surface area contributed by atoms with Gasteiger partial charge in [-0.15, -0.1) is 0 Å². The Hall–Kier alpha value is -6.42. The Balaban J connectivity index is 0.000000163. The Morgan fingerprint density at radius 3 is 1.53 bits per heavy atom. The molecule has 2 saturated heterocycles. The van der Waals surface area contributed by atoms with Crippen molar-refractivity contribution in [3.63, 3.8) is 0 Å². The molecular formula is C43H50N12O3. The van der Waals surface area contributed by atoms with Crippen LogP contribution < -0.4 is 9.80 Å². The van der Waals surface area contributed by atoms with Crippen molar-refractivity contribution in [3.8, 4) is 33.6 Å². The molecule has 1 unspecified atom stereocenters. The zero-order valence-corrected chi connectivity index (χ0v) is 33.6. The Morgan fingerprint density at radius 1 is 0.586 bits per heavy atom. The van der Waals surface area contributed by atoms with E-state index in [0.717, 1.165) is 113 Å². The molecule has 0 bridgehead atoms. The van der Waals surface area contributed by atoms with Gasteiger partial charge in [0.05, 0.1) is 66.5 Å². The van der Waals surface area contributed by atoms with Crippen molar-refractivity contribution in [2.24, 2.45) is 14.1 Å². The molecule has 2 aliphatic heterocycles. The first-order chi connectivity index (χ1) is 28.4. The van der Waals surface area contributed by atoms with E-state index in [9.17, 15) is 5.11 Å². The van der Waals surface area contributed by atoms with E-state index in [1.807, 2.05) is 104 Å². The highest BCUT2D eigenvalue weighted by Crippen LogP contribution is 2.29. The maximum absolute atomic E-state index is 9.80. The molecule has 2 aliphatic rings. The summed E-state index contributed by atoms with van der Waals surface area (Å²) in [5, 5.41) is 36.7. The van der Waals surface area contributed by atoms with Crippen molar-refractivity contribution in [2.75, 3.05) is 56.3 Å². The summed E-state index contributed by atoms with van der Waals surface area (Å²) in [6.45, 7) is 8.66. The van der Waals surface area contributed by atoms with Crippen LogP contribution in [0.5, 0.6) is 0 Å². The quantitative estimate of drug-likeness (QED) is 0.214. The van der Waals surface area contributed by atoms with Gasteiger partial charge in [0, 0.05) is 106 Å². The standard InChI is InChI=1S/2C20H20N6O.C2H6.CH4O/c1-24-12-16(11-22-24)14-2-3-15-10-23-26(19(15)8-14)17-4-6-21-20(9-17)25-7-5-18(27)13-25;1-24-14-17(13-22-24)15-2-3-16-12-23-26(19(16)10-15)18-4-5-21-20(11-18)25-6-8-27-9-7-25;2*1-2/h2-4,6,8-12,18,27H,5,7,13H2,1H3;2-5,10-14H,6-9H2,1H3;1-2H3;2H,1H3. The van der Waals surface area contributed by atoms with Gasteiger partial charge >= 0.3 is 0 Å². The van der Waals surface area contributed by atoms with Gasteiger partial charge in [-0.05, 0) is 41.8 Å². The fourth-order valence-electron chi connectivity index (χ4n) is 7.12. The van der Waals surface area contributed by atoms with Gasteiger partial charge in [0.15, 0.2) is 0 Å². The first-order valence-electron chi connectivity index (χ1n) is 19.5. The summed E-state index contributed by atoms with van der Waals surface area (Å²) in [6.07, 6.45) is 15.7. The van der Waals surface area contributed by atoms with Crippen molar-refractivity contribution >= 4 is 33.4 Å². The number of benzene rings is 2. The molecule has 0 aliphatic carbocycles. The molecule has 15 heteroatoms. The van der Waals surface area contributed by atoms with Gasteiger partial charge in [0.1, 0.15) is 11.6 Å². The van der Waals surface area contributed by atoms with Crippen LogP contribution in [0, 0.1) is 0 Å². The third-order valence-corrected chi connectivity index (χ3v) is 9.99. The van der Waals surface area contributed by atoms with E-state index in [0.29, 0.717) is 6.54 Å². The van der Waals surface area contributed by atoms with Crippen molar-refractivity contribution in [3.05, 3.63) is 110 Å². The van der Waals surface area contributed by atoms with E-state index >= 15 is 0 Å². The van der Waals surface area contributed by atoms with E-state index < -0.39 is 0 Å². The van der Waals surface area contributed by atoms with E-state index in [4.69, 9.17) is 9.84 Å². The number of aliphatic hydroxyl groups excluding tert-OH is 2. The fourth-order valence-corrected chi connectivity index (χ4v) is 7.12. The second kappa shape index (κ2) is 18.2. The summed E-state index contributed by atoms with van der Waals surface area (Å²) in [5.41, 5.74) is 8.47. The molecule has 1 atom stereocenters. The predicted octanol–water partition coefficient (Wildman–Crippen LogP) is 5.68. The molecular weight excluding hydrogens is 733 g/mol. The number of hydrogen-bond donors (Lipinski definition) is 2. The van der Waals surface area contributed by atoms with Gasteiger partial charge in [0.25, 0.3) is 0 Å². The molecule has 2 fully saturated rings. The lowest BCUT2D eigenvalue weighted by Crippen LogP contribution is -2.36. The Kier molecular flexibility index (Phi) is 12.5. The normalized spacial score (nSPS) is 15.1. The monoisotopic (exact) mass is 782 g/mol. The maximum atomic E-state index is 9.80. The van der Waals surface area contributed by atoms with E-state index in [2.05, 4.69) is 82.6 Å². The number of ether oxygens (including phenoxy) is 1. The minimum Gasteiger partial charge on any atom is -0.400 e. The summed E-state index contributed by atoms with van der Waals surface area (Å²) in [4.78, 5) is 13.4. The Labute approximate surface area is 337 Å². The Bertz CT molecular complexity index is 2400. The second-order valence-electron chi connectivity index (χ2n) is 13.7. The molecule has 8 heterocycles. The summed E-state index contributed by atoms with van der Waals surface area (Å²) < 4.78 is 13.0. The molecule has 15 nitrogen and oxygen atoms in total. The number of fused-ring (bicyclic) bond motifs is 2. The van der Waals surface area contributed by atoms with Crippen LogP contribution in [0.25, 0.3) is 55.4 Å². The third kappa shape index (κ3) is 8.61. The summed E-state index contributed by atoms with van der Waals surface area (Å²) >= 11 is 0. The smallest absolute Gasteiger partial charge is 0.130 e. The van der Waals surface area contributed by atoms with E-state index in [1.165, 1.54) is 0 Å².